The molecule has 3 amide bonds. The van der Waals surface area contributed by atoms with Crippen molar-refractivity contribution in [3.63, 3.8) is 0 Å². The number of imide groups is 1. The number of rotatable bonds is 9. The second kappa shape index (κ2) is 13.2. The first-order valence-electron chi connectivity index (χ1n) is 15.6. The highest BCUT2D eigenvalue weighted by Gasteiger charge is 2.40. The number of amides is 3. The summed E-state index contributed by atoms with van der Waals surface area (Å²) in [5, 5.41) is 11.4. The van der Waals surface area contributed by atoms with Crippen LogP contribution in [-0.4, -0.2) is 48.3 Å². The molecule has 3 aromatic carbocycles. The van der Waals surface area contributed by atoms with Crippen molar-refractivity contribution in [1.82, 2.24) is 10.2 Å². The zero-order valence-electron chi connectivity index (χ0n) is 25.5. The number of halogens is 1. The Kier molecular flexibility index (Phi) is 8.86. The van der Waals surface area contributed by atoms with E-state index in [1.165, 1.54) is 11.0 Å². The van der Waals surface area contributed by atoms with Gasteiger partial charge in [0.1, 0.15) is 24.2 Å². The lowest BCUT2D eigenvalue weighted by Gasteiger charge is -2.37. The quantitative estimate of drug-likeness (QED) is 0.333. The molecule has 0 spiro atoms. The van der Waals surface area contributed by atoms with Crippen LogP contribution in [0.2, 0.25) is 0 Å². The molecule has 3 aliphatic heterocycles. The molecule has 0 radical (unpaired) electrons. The number of nitrogens with two attached hydrogens (primary N) is 1. The van der Waals surface area contributed by atoms with Crippen LogP contribution >= 0.6 is 0 Å². The van der Waals surface area contributed by atoms with Crippen LogP contribution in [0.3, 0.4) is 0 Å². The number of carbonyl (C=O) groups is 3. The topological polar surface area (TPSA) is 129 Å². The smallest absolute Gasteiger partial charge is 0.255 e. The lowest BCUT2D eigenvalue weighted by atomic mass is 9.79. The van der Waals surface area contributed by atoms with Crippen molar-refractivity contribution >= 4 is 29.5 Å². The molecule has 9 nitrogen and oxygen atoms in total. The van der Waals surface area contributed by atoms with Gasteiger partial charge in [0.15, 0.2) is 0 Å². The van der Waals surface area contributed by atoms with E-state index in [-0.39, 0.29) is 43.1 Å². The Morgan fingerprint density at radius 1 is 1.11 bits per heavy atom. The van der Waals surface area contributed by atoms with Crippen molar-refractivity contribution in [2.75, 3.05) is 24.5 Å². The third-order valence-corrected chi connectivity index (χ3v) is 9.52. The monoisotopic (exact) mass is 621 g/mol. The van der Waals surface area contributed by atoms with Gasteiger partial charge in [-0.05, 0) is 84.7 Å². The van der Waals surface area contributed by atoms with Gasteiger partial charge in [-0.1, -0.05) is 36.9 Å². The molecule has 0 saturated carbocycles. The number of fused-ring (bicyclic) bond motifs is 1. The van der Waals surface area contributed by atoms with Gasteiger partial charge < -0.3 is 20.3 Å². The molecule has 0 bridgehead atoms. The van der Waals surface area contributed by atoms with E-state index < -0.39 is 11.9 Å². The summed E-state index contributed by atoms with van der Waals surface area (Å²) in [6.45, 7) is 6.41. The zero-order valence-corrected chi connectivity index (χ0v) is 25.5. The third kappa shape index (κ3) is 5.98. The number of nitrogens with zero attached hydrogens (tertiary/aromatic N) is 3. The summed E-state index contributed by atoms with van der Waals surface area (Å²) in [4.78, 5) is 40.8. The molecule has 2 atom stereocenters. The number of benzene rings is 3. The van der Waals surface area contributed by atoms with E-state index in [1.54, 1.807) is 30.3 Å². The molecular formula is C36H36FN5O4. The van der Waals surface area contributed by atoms with Gasteiger partial charge in [-0.3, -0.25) is 19.7 Å². The molecule has 3 aliphatic rings. The van der Waals surface area contributed by atoms with E-state index in [4.69, 9.17) is 15.7 Å². The van der Waals surface area contributed by atoms with Crippen molar-refractivity contribution in [2.45, 2.75) is 50.8 Å². The molecule has 236 valence electrons. The fourth-order valence-electron chi connectivity index (χ4n) is 6.99. The van der Waals surface area contributed by atoms with Crippen LogP contribution in [0, 0.1) is 23.1 Å². The number of nitriles is 1. The summed E-state index contributed by atoms with van der Waals surface area (Å²) in [6.07, 6.45) is 4.03. The molecule has 10 heteroatoms. The lowest BCUT2D eigenvalue weighted by molar-refractivity contribution is -0.136. The van der Waals surface area contributed by atoms with Gasteiger partial charge in [0.25, 0.3) is 5.91 Å². The average molecular weight is 622 g/mol. The minimum Gasteiger partial charge on any atom is -0.489 e. The minimum absolute atomic E-state index is 0.128. The standard InChI is InChI=1S/C36H36FN5O4/c1-2-23-17-25(28(19-39)24-12-14-41(15-13-24)31-9-6-22(18-38)16-30(31)37)7-8-26(23)21-46-33-5-3-4-27-29(33)20-42(36(27)45)32-10-11-34(43)40-35(32)44/h2-9,16-17,24,28,32H,1,10-15,19-21,39H2,(H,40,43,44)/t28?,32-/m0/s1. The SMILES string of the molecule is C=Cc1cc(C(CN)C2CCN(c3ccc(C#N)cc3F)CC2)ccc1COc1cccc2c1CN([C@H]1CCC(=O)NC1=O)C2=O. The summed E-state index contributed by atoms with van der Waals surface area (Å²) in [5.41, 5.74) is 11.4. The number of piperidine rings is 2. The summed E-state index contributed by atoms with van der Waals surface area (Å²) in [6, 6.07) is 17.5. The van der Waals surface area contributed by atoms with E-state index in [9.17, 15) is 18.8 Å². The van der Waals surface area contributed by atoms with Gasteiger partial charge in [0.2, 0.25) is 11.8 Å². The summed E-state index contributed by atoms with van der Waals surface area (Å²) in [5.74, 6) is -0.352. The van der Waals surface area contributed by atoms with Crippen molar-refractivity contribution in [3.8, 4) is 11.8 Å². The predicted octanol–water partition coefficient (Wildman–Crippen LogP) is 4.64. The first-order chi connectivity index (χ1) is 22.3. The minimum atomic E-state index is -0.690. The molecule has 3 heterocycles. The number of hydrogen-bond donors (Lipinski definition) is 2. The third-order valence-electron chi connectivity index (χ3n) is 9.52. The molecule has 2 fully saturated rings. The van der Waals surface area contributed by atoms with Gasteiger partial charge >= 0.3 is 0 Å². The van der Waals surface area contributed by atoms with Crippen molar-refractivity contribution in [3.05, 3.63) is 100 Å². The zero-order chi connectivity index (χ0) is 32.4. The molecule has 2 saturated heterocycles. The van der Waals surface area contributed by atoms with Gasteiger partial charge in [0.05, 0.1) is 23.9 Å². The van der Waals surface area contributed by atoms with E-state index >= 15 is 0 Å². The first-order valence-corrected chi connectivity index (χ1v) is 15.6. The Morgan fingerprint density at radius 3 is 2.61 bits per heavy atom. The molecule has 1 unspecified atom stereocenters. The summed E-state index contributed by atoms with van der Waals surface area (Å²) >= 11 is 0. The van der Waals surface area contributed by atoms with Crippen LogP contribution in [-0.2, 0) is 22.7 Å². The van der Waals surface area contributed by atoms with E-state index in [0.717, 1.165) is 35.1 Å². The number of ether oxygens (including phenoxy) is 1. The van der Waals surface area contributed by atoms with Gasteiger partial charge in [-0.25, -0.2) is 4.39 Å². The number of carbonyl (C=O) groups excluding carboxylic acids is 3. The highest BCUT2D eigenvalue weighted by atomic mass is 19.1. The molecule has 6 rings (SSSR count). The molecule has 0 aliphatic carbocycles. The maximum atomic E-state index is 14.6. The van der Waals surface area contributed by atoms with Crippen LogP contribution in [0.5, 0.6) is 5.75 Å². The number of anilines is 1. The van der Waals surface area contributed by atoms with E-state index in [2.05, 4.69) is 24.0 Å². The van der Waals surface area contributed by atoms with Crippen molar-refractivity contribution in [1.29, 1.82) is 5.26 Å². The normalized spacial score (nSPS) is 19.0. The van der Waals surface area contributed by atoms with Crippen LogP contribution in [0.15, 0.2) is 61.2 Å². The molecular weight excluding hydrogens is 585 g/mol. The van der Waals surface area contributed by atoms with Crippen molar-refractivity contribution in [2.24, 2.45) is 11.7 Å². The second-order valence-electron chi connectivity index (χ2n) is 12.1. The fraction of sp³-hybridized carbons (Fsp3) is 0.333. The fourth-order valence-corrected chi connectivity index (χ4v) is 6.99. The average Bonchev–Trinajstić information content (AvgIpc) is 3.41. The maximum absolute atomic E-state index is 14.6. The van der Waals surface area contributed by atoms with E-state index in [1.807, 2.05) is 23.1 Å². The Hall–Kier alpha value is -5.01. The van der Waals surface area contributed by atoms with E-state index in [0.29, 0.717) is 54.5 Å². The summed E-state index contributed by atoms with van der Waals surface area (Å²) in [7, 11) is 0. The van der Waals surface area contributed by atoms with Crippen molar-refractivity contribution < 1.29 is 23.5 Å². The highest BCUT2D eigenvalue weighted by molar-refractivity contribution is 6.05. The number of hydrogen-bond acceptors (Lipinski definition) is 7. The second-order valence-corrected chi connectivity index (χ2v) is 12.1. The largest absolute Gasteiger partial charge is 0.489 e. The lowest BCUT2D eigenvalue weighted by Crippen LogP contribution is -2.52. The molecule has 3 N–H and O–H groups in total. The Balaban J connectivity index is 1.12. The van der Waals surface area contributed by atoms with Crippen LogP contribution in [0.4, 0.5) is 10.1 Å². The molecule has 46 heavy (non-hydrogen) atoms. The van der Waals surface area contributed by atoms with Gasteiger partial charge in [-0.15, -0.1) is 0 Å². The van der Waals surface area contributed by atoms with Crippen LogP contribution in [0.1, 0.15) is 69.8 Å². The number of nitrogens with one attached hydrogen (secondary N) is 1. The van der Waals surface area contributed by atoms with Gasteiger partial charge in [-0.2, -0.15) is 5.26 Å². The Bertz CT molecular complexity index is 1740. The highest BCUT2D eigenvalue weighted by Crippen LogP contribution is 2.37. The molecule has 3 aromatic rings. The van der Waals surface area contributed by atoms with Crippen LogP contribution in [0.25, 0.3) is 6.08 Å². The predicted molar refractivity (Wildman–Crippen MR) is 171 cm³/mol. The molecule has 0 aromatic heterocycles. The Labute approximate surface area is 267 Å². The first kappa shape index (κ1) is 31.0. The van der Waals surface area contributed by atoms with Crippen LogP contribution < -0.4 is 20.7 Å². The maximum Gasteiger partial charge on any atom is 0.255 e. The van der Waals surface area contributed by atoms with Gasteiger partial charge in [0, 0.05) is 30.6 Å². The summed E-state index contributed by atoms with van der Waals surface area (Å²) < 4.78 is 20.9. The Morgan fingerprint density at radius 2 is 1.91 bits per heavy atom.